The largest absolute Gasteiger partial charge is 0.504 e. The summed E-state index contributed by atoms with van der Waals surface area (Å²) in [5.74, 6) is 0.446. The summed E-state index contributed by atoms with van der Waals surface area (Å²) in [5, 5.41) is 17.2. The molecule has 1 N–H and O–H groups in total. The molecule has 144 valence electrons. The first-order chi connectivity index (χ1) is 13.5. The third kappa shape index (κ3) is 4.47. The fourth-order valence-electron chi connectivity index (χ4n) is 2.41. The van der Waals surface area contributed by atoms with E-state index in [1.165, 1.54) is 18.4 Å². The lowest BCUT2D eigenvalue weighted by Crippen LogP contribution is -2.12. The van der Waals surface area contributed by atoms with Gasteiger partial charge in [0.1, 0.15) is 0 Å². The summed E-state index contributed by atoms with van der Waals surface area (Å²) in [4.78, 5) is 5.21. The Kier molecular flexibility index (Phi) is 6.57. The third-order valence-corrected chi connectivity index (χ3v) is 5.38. The van der Waals surface area contributed by atoms with Crippen molar-refractivity contribution in [1.29, 1.82) is 0 Å². The van der Waals surface area contributed by atoms with E-state index in [9.17, 15) is 5.11 Å². The molecule has 1 heterocycles. The van der Waals surface area contributed by atoms with E-state index >= 15 is 0 Å². The highest BCUT2D eigenvalue weighted by atomic mass is 35.5. The van der Waals surface area contributed by atoms with E-state index in [1.807, 2.05) is 11.4 Å². The summed E-state index contributed by atoms with van der Waals surface area (Å²) in [7, 11) is 1.50. The van der Waals surface area contributed by atoms with E-state index in [1.54, 1.807) is 47.3 Å². The van der Waals surface area contributed by atoms with Gasteiger partial charge < -0.3 is 9.84 Å². The van der Waals surface area contributed by atoms with Gasteiger partial charge in [-0.05, 0) is 35.9 Å². The fraction of sp³-hybridized carbons (Fsp3) is 0.100. The van der Waals surface area contributed by atoms with Crippen molar-refractivity contribution < 1.29 is 9.84 Å². The standard InChI is InChI=1S/C20H17Cl2N3O2S/c1-3-8-23-20-25(24-11-13-4-7-18(26)19(9-13)27-2)17(12-28-20)14-5-6-15(21)16(22)10-14/h3-7,9-12,26H,1,8H2,2H3. The summed E-state index contributed by atoms with van der Waals surface area (Å²) < 4.78 is 6.87. The maximum atomic E-state index is 9.75. The van der Waals surface area contributed by atoms with E-state index in [0.29, 0.717) is 27.1 Å². The Labute approximate surface area is 176 Å². The Morgan fingerprint density at radius 3 is 2.75 bits per heavy atom. The van der Waals surface area contributed by atoms with Crippen LogP contribution in [0.1, 0.15) is 5.56 Å². The van der Waals surface area contributed by atoms with E-state index < -0.39 is 0 Å². The third-order valence-electron chi connectivity index (χ3n) is 3.78. The average Bonchev–Trinajstić information content (AvgIpc) is 3.10. The second-order valence-corrected chi connectivity index (χ2v) is 7.30. The highest BCUT2D eigenvalue weighted by molar-refractivity contribution is 7.07. The normalized spacial score (nSPS) is 11.9. The highest BCUT2D eigenvalue weighted by Gasteiger charge is 2.09. The summed E-state index contributed by atoms with van der Waals surface area (Å²) in [5.41, 5.74) is 2.46. The monoisotopic (exact) mass is 433 g/mol. The molecule has 3 aromatic rings. The number of methoxy groups -OCH3 is 1. The predicted octanol–water partition coefficient (Wildman–Crippen LogP) is 5.21. The number of ether oxygens (including phenoxy) is 1. The zero-order valence-electron chi connectivity index (χ0n) is 15.0. The number of hydrogen-bond donors (Lipinski definition) is 1. The van der Waals surface area contributed by atoms with Crippen molar-refractivity contribution in [3.05, 3.63) is 74.8 Å². The number of hydrogen-bond acceptors (Lipinski definition) is 5. The summed E-state index contributed by atoms with van der Waals surface area (Å²) >= 11 is 13.7. The first-order valence-electron chi connectivity index (χ1n) is 8.22. The van der Waals surface area contributed by atoms with Crippen LogP contribution < -0.4 is 9.54 Å². The number of nitrogens with zero attached hydrogens (tertiary/aromatic N) is 3. The van der Waals surface area contributed by atoms with Crippen LogP contribution in [-0.2, 0) is 0 Å². The molecule has 0 saturated heterocycles. The number of benzene rings is 2. The molecule has 0 spiro atoms. The van der Waals surface area contributed by atoms with Crippen molar-refractivity contribution in [2.45, 2.75) is 0 Å². The maximum Gasteiger partial charge on any atom is 0.206 e. The fourth-order valence-corrected chi connectivity index (χ4v) is 3.56. The Morgan fingerprint density at radius 2 is 2.04 bits per heavy atom. The van der Waals surface area contributed by atoms with E-state index in [4.69, 9.17) is 27.9 Å². The van der Waals surface area contributed by atoms with Crippen molar-refractivity contribution in [3.63, 3.8) is 0 Å². The number of halogens is 2. The van der Waals surface area contributed by atoms with Crippen molar-refractivity contribution in [3.8, 4) is 22.8 Å². The molecule has 0 fully saturated rings. The maximum absolute atomic E-state index is 9.75. The number of phenolic OH excluding ortho intramolecular Hbond substituents is 1. The van der Waals surface area contributed by atoms with Crippen LogP contribution in [0.3, 0.4) is 0 Å². The molecule has 3 rings (SSSR count). The van der Waals surface area contributed by atoms with Gasteiger partial charge in [-0.1, -0.05) is 35.3 Å². The van der Waals surface area contributed by atoms with Crippen molar-refractivity contribution >= 4 is 40.8 Å². The van der Waals surface area contributed by atoms with Crippen LogP contribution in [0.4, 0.5) is 0 Å². The molecule has 0 aliphatic rings. The first kappa shape index (κ1) is 20.2. The average molecular weight is 434 g/mol. The quantitative estimate of drug-likeness (QED) is 0.428. The topological polar surface area (TPSA) is 59.1 Å². The van der Waals surface area contributed by atoms with Gasteiger partial charge in [-0.15, -0.1) is 17.9 Å². The Hall–Kier alpha value is -2.54. The molecule has 2 aromatic carbocycles. The Bertz CT molecular complexity index is 1100. The SMILES string of the molecule is C=CCN=c1scc(-c2ccc(Cl)c(Cl)c2)n1N=Cc1ccc(O)c(OC)c1. The predicted molar refractivity (Wildman–Crippen MR) is 116 cm³/mol. The van der Waals surface area contributed by atoms with Crippen LogP contribution in [0.5, 0.6) is 11.5 Å². The molecule has 1 aromatic heterocycles. The molecule has 0 atom stereocenters. The zero-order valence-corrected chi connectivity index (χ0v) is 17.3. The first-order valence-corrected chi connectivity index (χ1v) is 9.85. The van der Waals surface area contributed by atoms with Gasteiger partial charge in [0.25, 0.3) is 0 Å². The molecular weight excluding hydrogens is 417 g/mol. The molecule has 8 heteroatoms. The van der Waals surface area contributed by atoms with Crippen LogP contribution in [-0.4, -0.2) is 29.7 Å². The second-order valence-electron chi connectivity index (χ2n) is 5.65. The number of aromatic nitrogens is 1. The summed E-state index contributed by atoms with van der Waals surface area (Å²) in [6, 6.07) is 10.4. The van der Waals surface area contributed by atoms with Crippen LogP contribution in [0.25, 0.3) is 11.3 Å². The van der Waals surface area contributed by atoms with Gasteiger partial charge in [-0.2, -0.15) is 5.10 Å². The van der Waals surface area contributed by atoms with Gasteiger partial charge in [0, 0.05) is 10.9 Å². The van der Waals surface area contributed by atoms with Gasteiger partial charge in [-0.25, -0.2) is 4.68 Å². The summed E-state index contributed by atoms with van der Waals surface area (Å²) in [6.45, 7) is 4.18. The number of rotatable bonds is 6. The van der Waals surface area contributed by atoms with E-state index in [-0.39, 0.29) is 5.75 Å². The Balaban J connectivity index is 2.08. The number of thiazole rings is 1. The molecule has 28 heavy (non-hydrogen) atoms. The summed E-state index contributed by atoms with van der Waals surface area (Å²) in [6.07, 6.45) is 3.39. The molecule has 0 aliphatic carbocycles. The number of phenols is 1. The minimum absolute atomic E-state index is 0.0704. The molecule has 5 nitrogen and oxygen atoms in total. The van der Waals surface area contributed by atoms with Crippen molar-refractivity contribution in [1.82, 2.24) is 4.68 Å². The molecule has 0 radical (unpaired) electrons. The van der Waals surface area contributed by atoms with E-state index in [2.05, 4.69) is 16.7 Å². The minimum Gasteiger partial charge on any atom is -0.504 e. The smallest absolute Gasteiger partial charge is 0.206 e. The van der Waals surface area contributed by atoms with Crippen molar-refractivity contribution in [2.24, 2.45) is 10.1 Å². The lowest BCUT2D eigenvalue weighted by molar-refractivity contribution is 0.373. The van der Waals surface area contributed by atoms with Crippen LogP contribution in [0.2, 0.25) is 10.0 Å². The van der Waals surface area contributed by atoms with Gasteiger partial charge >= 0.3 is 0 Å². The minimum atomic E-state index is 0.0704. The van der Waals surface area contributed by atoms with E-state index in [0.717, 1.165) is 16.8 Å². The van der Waals surface area contributed by atoms with Crippen LogP contribution in [0, 0.1) is 0 Å². The Morgan fingerprint density at radius 1 is 1.21 bits per heavy atom. The number of aromatic hydroxyl groups is 1. The second kappa shape index (κ2) is 9.10. The molecule has 0 bridgehead atoms. The van der Waals surface area contributed by atoms with Crippen LogP contribution >= 0.6 is 34.5 Å². The molecule has 0 amide bonds. The molecular formula is C20H17Cl2N3O2S. The lowest BCUT2D eigenvalue weighted by Gasteiger charge is -2.06. The van der Waals surface area contributed by atoms with Gasteiger partial charge in [0.15, 0.2) is 11.5 Å². The van der Waals surface area contributed by atoms with Crippen molar-refractivity contribution in [2.75, 3.05) is 13.7 Å². The lowest BCUT2D eigenvalue weighted by atomic mass is 10.2. The molecule has 0 unspecified atom stereocenters. The van der Waals surface area contributed by atoms with Gasteiger partial charge in [0.2, 0.25) is 4.80 Å². The van der Waals surface area contributed by atoms with Gasteiger partial charge in [-0.3, -0.25) is 4.99 Å². The van der Waals surface area contributed by atoms with Crippen LogP contribution in [0.15, 0.2) is 64.5 Å². The molecule has 0 saturated carbocycles. The zero-order chi connectivity index (χ0) is 20.1. The highest BCUT2D eigenvalue weighted by Crippen LogP contribution is 2.29. The van der Waals surface area contributed by atoms with Gasteiger partial charge in [0.05, 0.1) is 35.6 Å². The molecule has 0 aliphatic heterocycles.